The van der Waals surface area contributed by atoms with Crippen LogP contribution in [0, 0.1) is 15.9 Å². The minimum absolute atomic E-state index is 0.0120. The van der Waals surface area contributed by atoms with Crippen LogP contribution in [-0.4, -0.2) is 23.1 Å². The van der Waals surface area contributed by atoms with Gasteiger partial charge in [-0.15, -0.1) is 0 Å². The van der Waals surface area contributed by atoms with Crippen LogP contribution in [0.3, 0.4) is 0 Å². The molecule has 0 unspecified atom stereocenters. The van der Waals surface area contributed by atoms with Crippen LogP contribution in [0.25, 0.3) is 0 Å². The Kier molecular flexibility index (Phi) is 4.80. The molecule has 120 valence electrons. The molecule has 0 bridgehead atoms. The fourth-order valence-electron chi connectivity index (χ4n) is 1.79. The maximum absolute atomic E-state index is 13.2. The second kappa shape index (κ2) is 6.61. The van der Waals surface area contributed by atoms with Crippen LogP contribution in [0.15, 0.2) is 34.8 Å². The molecule has 2 rings (SSSR count). The molecule has 1 N–H and O–H groups in total. The maximum atomic E-state index is 13.2. The van der Waals surface area contributed by atoms with Crippen LogP contribution in [0.5, 0.6) is 17.2 Å². The van der Waals surface area contributed by atoms with Crippen LogP contribution in [0.2, 0.25) is 0 Å². The van der Waals surface area contributed by atoms with Gasteiger partial charge in [0, 0.05) is 18.2 Å². The highest BCUT2D eigenvalue weighted by Gasteiger charge is 2.23. The molecular weight excluding hydrogens is 377 g/mol. The number of nitrogens with zero attached hydrogens (tertiary/aromatic N) is 1. The van der Waals surface area contributed by atoms with E-state index in [1.165, 1.54) is 13.2 Å². The second-order valence-electron chi connectivity index (χ2n) is 4.26. The molecule has 0 aliphatic carbocycles. The van der Waals surface area contributed by atoms with E-state index in [0.717, 1.165) is 24.3 Å². The first-order valence-corrected chi connectivity index (χ1v) is 6.85. The lowest BCUT2D eigenvalue weighted by Crippen LogP contribution is -2.03. The second-order valence-corrected chi connectivity index (χ2v) is 5.11. The first-order chi connectivity index (χ1) is 10.8. The Morgan fingerprint density at radius 3 is 2.52 bits per heavy atom. The number of benzene rings is 2. The fraction of sp³-hybridized carbons (Fsp3) is 0.0714. The van der Waals surface area contributed by atoms with Crippen molar-refractivity contribution >= 4 is 27.6 Å². The van der Waals surface area contributed by atoms with Crippen molar-refractivity contribution in [3.05, 3.63) is 56.3 Å². The van der Waals surface area contributed by atoms with E-state index in [0.29, 0.717) is 0 Å². The summed E-state index contributed by atoms with van der Waals surface area (Å²) in [6.45, 7) is 0. The van der Waals surface area contributed by atoms with Gasteiger partial charge in [0.25, 0.3) is 5.69 Å². The third kappa shape index (κ3) is 3.57. The van der Waals surface area contributed by atoms with Crippen LogP contribution in [0.1, 0.15) is 10.4 Å². The van der Waals surface area contributed by atoms with Crippen molar-refractivity contribution in [1.29, 1.82) is 0 Å². The van der Waals surface area contributed by atoms with Crippen molar-refractivity contribution in [1.82, 2.24) is 0 Å². The van der Waals surface area contributed by atoms with Gasteiger partial charge >= 0.3 is 5.97 Å². The number of carboxylic acid groups (broad SMARTS) is 1. The summed E-state index contributed by atoms with van der Waals surface area (Å²) < 4.78 is 23.8. The molecule has 0 spiro atoms. The summed E-state index contributed by atoms with van der Waals surface area (Å²) in [4.78, 5) is 21.3. The summed E-state index contributed by atoms with van der Waals surface area (Å²) in [5, 5.41) is 20.0. The van der Waals surface area contributed by atoms with Gasteiger partial charge in [-0.2, -0.15) is 0 Å². The van der Waals surface area contributed by atoms with Crippen LogP contribution < -0.4 is 9.47 Å². The molecule has 2 aromatic rings. The highest BCUT2D eigenvalue weighted by Crippen LogP contribution is 2.38. The molecule has 0 saturated heterocycles. The SMILES string of the molecule is COc1cc(F)ccc1Oc1cc(C(=O)O)c([N+](=O)[O-])cc1Br. The average molecular weight is 386 g/mol. The van der Waals surface area contributed by atoms with Gasteiger partial charge in [-0.1, -0.05) is 0 Å². The number of methoxy groups -OCH3 is 1. The van der Waals surface area contributed by atoms with Gasteiger partial charge in [0.15, 0.2) is 11.5 Å². The van der Waals surface area contributed by atoms with E-state index < -0.39 is 28.0 Å². The summed E-state index contributed by atoms with van der Waals surface area (Å²) in [6.07, 6.45) is 0. The molecule has 0 saturated carbocycles. The summed E-state index contributed by atoms with van der Waals surface area (Å²) in [6, 6.07) is 5.55. The maximum Gasteiger partial charge on any atom is 0.342 e. The molecule has 7 nitrogen and oxygen atoms in total. The number of aromatic carboxylic acids is 1. The van der Waals surface area contributed by atoms with Gasteiger partial charge in [-0.3, -0.25) is 10.1 Å². The standard InChI is InChI=1S/C14H9BrFNO6/c1-22-13-4-7(16)2-3-11(13)23-12-5-8(14(18)19)10(17(20)21)6-9(12)15/h2-6H,1H3,(H,18,19). The largest absolute Gasteiger partial charge is 0.493 e. The highest BCUT2D eigenvalue weighted by molar-refractivity contribution is 9.10. The van der Waals surface area contributed by atoms with Crippen molar-refractivity contribution in [2.45, 2.75) is 0 Å². The zero-order chi connectivity index (χ0) is 17.1. The van der Waals surface area contributed by atoms with Crippen LogP contribution in [-0.2, 0) is 0 Å². The zero-order valence-electron chi connectivity index (χ0n) is 11.6. The Morgan fingerprint density at radius 2 is 1.96 bits per heavy atom. The van der Waals surface area contributed by atoms with Gasteiger partial charge in [0.1, 0.15) is 17.1 Å². The topological polar surface area (TPSA) is 98.9 Å². The van der Waals surface area contributed by atoms with E-state index in [1.54, 1.807) is 0 Å². The van der Waals surface area contributed by atoms with Crippen LogP contribution >= 0.6 is 15.9 Å². The van der Waals surface area contributed by atoms with Crippen molar-refractivity contribution in [2.75, 3.05) is 7.11 Å². The molecule has 0 heterocycles. The molecular formula is C14H9BrFNO6. The lowest BCUT2D eigenvalue weighted by atomic mass is 10.1. The van der Waals surface area contributed by atoms with Crippen LogP contribution in [0.4, 0.5) is 10.1 Å². The third-order valence-corrected chi connectivity index (χ3v) is 3.44. The molecule has 0 aliphatic rings. The summed E-state index contributed by atoms with van der Waals surface area (Å²) in [5.41, 5.74) is -1.11. The molecule has 0 aromatic heterocycles. The predicted octanol–water partition coefficient (Wildman–Crippen LogP) is 4.00. The molecule has 2 aromatic carbocycles. The molecule has 9 heteroatoms. The number of nitro benzene ring substituents is 1. The molecule has 0 aliphatic heterocycles. The number of hydrogen-bond acceptors (Lipinski definition) is 5. The molecule has 0 radical (unpaired) electrons. The predicted molar refractivity (Wildman–Crippen MR) is 80.8 cm³/mol. The highest BCUT2D eigenvalue weighted by atomic mass is 79.9. The number of rotatable bonds is 5. The lowest BCUT2D eigenvalue weighted by molar-refractivity contribution is -0.385. The number of carbonyl (C=O) groups is 1. The molecule has 0 amide bonds. The summed E-state index contributed by atoms with van der Waals surface area (Å²) in [7, 11) is 1.31. The quantitative estimate of drug-likeness (QED) is 0.616. The van der Waals surface area contributed by atoms with E-state index in [-0.39, 0.29) is 21.7 Å². The van der Waals surface area contributed by atoms with E-state index in [9.17, 15) is 19.3 Å². The Hall–Kier alpha value is -2.68. The zero-order valence-corrected chi connectivity index (χ0v) is 13.2. The Labute approximate surface area is 137 Å². The molecule has 23 heavy (non-hydrogen) atoms. The Balaban J connectivity index is 2.51. The number of carboxylic acids is 1. The number of hydrogen-bond donors (Lipinski definition) is 1. The normalized spacial score (nSPS) is 10.2. The lowest BCUT2D eigenvalue weighted by Gasteiger charge is -2.12. The van der Waals surface area contributed by atoms with Gasteiger partial charge in [-0.25, -0.2) is 9.18 Å². The average Bonchev–Trinajstić information content (AvgIpc) is 2.49. The fourth-order valence-corrected chi connectivity index (χ4v) is 2.20. The Morgan fingerprint density at radius 1 is 1.26 bits per heavy atom. The van der Waals surface area contributed by atoms with Gasteiger partial charge < -0.3 is 14.6 Å². The van der Waals surface area contributed by atoms with Crippen molar-refractivity contribution in [3.63, 3.8) is 0 Å². The van der Waals surface area contributed by atoms with E-state index in [2.05, 4.69) is 15.9 Å². The third-order valence-electron chi connectivity index (χ3n) is 2.82. The monoisotopic (exact) mass is 385 g/mol. The first kappa shape index (κ1) is 16.7. The molecule has 0 atom stereocenters. The van der Waals surface area contributed by atoms with Crippen molar-refractivity contribution in [3.8, 4) is 17.2 Å². The minimum atomic E-state index is -1.47. The number of ether oxygens (including phenoxy) is 2. The summed E-state index contributed by atoms with van der Waals surface area (Å²) in [5.74, 6) is -1.78. The first-order valence-electron chi connectivity index (χ1n) is 6.06. The van der Waals surface area contributed by atoms with Gasteiger partial charge in [-0.05, 0) is 28.1 Å². The number of nitro groups is 1. The minimum Gasteiger partial charge on any atom is -0.493 e. The molecule has 0 fully saturated rings. The van der Waals surface area contributed by atoms with E-state index in [4.69, 9.17) is 14.6 Å². The Bertz CT molecular complexity index is 795. The van der Waals surface area contributed by atoms with E-state index >= 15 is 0 Å². The smallest absolute Gasteiger partial charge is 0.342 e. The van der Waals surface area contributed by atoms with E-state index in [1.807, 2.05) is 0 Å². The number of halogens is 2. The van der Waals surface area contributed by atoms with Crippen molar-refractivity contribution in [2.24, 2.45) is 0 Å². The summed E-state index contributed by atoms with van der Waals surface area (Å²) >= 11 is 3.08. The van der Waals surface area contributed by atoms with Gasteiger partial charge in [0.2, 0.25) is 0 Å². The van der Waals surface area contributed by atoms with Gasteiger partial charge in [0.05, 0.1) is 16.5 Å². The van der Waals surface area contributed by atoms with Crippen molar-refractivity contribution < 1.29 is 28.7 Å².